The van der Waals surface area contributed by atoms with Gasteiger partial charge >= 0.3 is 0 Å². The molecule has 0 aliphatic rings. The summed E-state index contributed by atoms with van der Waals surface area (Å²) in [6, 6.07) is 24.6. The van der Waals surface area contributed by atoms with Gasteiger partial charge in [0, 0.05) is 23.5 Å². The molecule has 3 aromatic carbocycles. The minimum absolute atomic E-state index is 0.261. The number of benzene rings is 3. The quantitative estimate of drug-likeness (QED) is 0.505. The molecule has 30 heavy (non-hydrogen) atoms. The van der Waals surface area contributed by atoms with Crippen LogP contribution in [0.2, 0.25) is 0 Å². The van der Waals surface area contributed by atoms with Crippen molar-refractivity contribution in [2.45, 2.75) is 0 Å². The number of aromatic nitrogens is 2. The molecule has 0 bridgehead atoms. The fourth-order valence-electron chi connectivity index (χ4n) is 3.17. The highest BCUT2D eigenvalue weighted by molar-refractivity contribution is 6.08. The van der Waals surface area contributed by atoms with Gasteiger partial charge in [-0.05, 0) is 24.3 Å². The fourth-order valence-corrected chi connectivity index (χ4v) is 3.17. The summed E-state index contributed by atoms with van der Waals surface area (Å²) in [4.78, 5) is 13.2. The molecule has 0 fully saturated rings. The molecule has 0 atom stereocenters. The van der Waals surface area contributed by atoms with Gasteiger partial charge in [0.05, 0.1) is 25.5 Å². The van der Waals surface area contributed by atoms with E-state index in [1.54, 1.807) is 43.3 Å². The molecule has 0 saturated carbocycles. The molecule has 6 heteroatoms. The van der Waals surface area contributed by atoms with Crippen LogP contribution in [0.5, 0.6) is 11.5 Å². The highest BCUT2D eigenvalue weighted by Gasteiger charge is 2.19. The van der Waals surface area contributed by atoms with Crippen molar-refractivity contribution >= 4 is 11.6 Å². The third kappa shape index (κ3) is 3.89. The molecular formula is C24H21N3O3. The fraction of sp³-hybridized carbons (Fsp3) is 0.0833. The molecule has 0 aliphatic carbocycles. The molecule has 0 spiro atoms. The van der Waals surface area contributed by atoms with Gasteiger partial charge in [0.2, 0.25) is 0 Å². The maximum absolute atomic E-state index is 13.2. The molecule has 6 nitrogen and oxygen atoms in total. The Labute approximate surface area is 174 Å². The minimum Gasteiger partial charge on any atom is -0.493 e. The number of nitrogens with zero attached hydrogens (tertiary/aromatic N) is 2. The minimum atomic E-state index is -0.261. The summed E-state index contributed by atoms with van der Waals surface area (Å²) in [5.74, 6) is 0.874. The summed E-state index contributed by atoms with van der Waals surface area (Å²) < 4.78 is 12.3. The number of nitrogens with one attached hydrogen (secondary N) is 1. The third-order valence-electron chi connectivity index (χ3n) is 4.67. The first-order chi connectivity index (χ1) is 14.7. The van der Waals surface area contributed by atoms with E-state index in [0.29, 0.717) is 28.4 Å². The zero-order valence-corrected chi connectivity index (χ0v) is 16.7. The van der Waals surface area contributed by atoms with E-state index < -0.39 is 0 Å². The highest BCUT2D eigenvalue weighted by Crippen LogP contribution is 2.30. The average Bonchev–Trinajstić information content (AvgIpc) is 3.26. The second kappa shape index (κ2) is 8.53. The Morgan fingerprint density at radius 1 is 0.867 bits per heavy atom. The predicted octanol–water partition coefficient (Wildman–Crippen LogP) is 4.81. The predicted molar refractivity (Wildman–Crippen MR) is 116 cm³/mol. The molecule has 4 rings (SSSR count). The Hall–Kier alpha value is -4.06. The van der Waals surface area contributed by atoms with E-state index in [0.717, 1.165) is 11.3 Å². The van der Waals surface area contributed by atoms with Gasteiger partial charge in [-0.15, -0.1) is 0 Å². The first-order valence-corrected chi connectivity index (χ1v) is 9.43. The van der Waals surface area contributed by atoms with Crippen molar-refractivity contribution in [1.82, 2.24) is 9.78 Å². The molecule has 0 saturated heterocycles. The van der Waals surface area contributed by atoms with E-state index in [1.807, 2.05) is 60.7 Å². The van der Waals surface area contributed by atoms with Crippen molar-refractivity contribution in [1.29, 1.82) is 0 Å². The van der Waals surface area contributed by atoms with Crippen LogP contribution in [-0.2, 0) is 0 Å². The topological polar surface area (TPSA) is 65.4 Å². The summed E-state index contributed by atoms with van der Waals surface area (Å²) in [5.41, 5.74) is 3.42. The van der Waals surface area contributed by atoms with Gasteiger partial charge in [-0.1, -0.05) is 48.5 Å². The highest BCUT2D eigenvalue weighted by atomic mass is 16.5. The molecule has 1 heterocycles. The average molecular weight is 399 g/mol. The maximum Gasteiger partial charge on any atom is 0.259 e. The number of hydrogen-bond acceptors (Lipinski definition) is 4. The number of methoxy groups -OCH3 is 2. The van der Waals surface area contributed by atoms with Crippen LogP contribution in [-0.4, -0.2) is 29.9 Å². The molecule has 150 valence electrons. The lowest BCUT2D eigenvalue weighted by molar-refractivity contribution is 0.102. The second-order valence-electron chi connectivity index (χ2n) is 6.56. The van der Waals surface area contributed by atoms with Gasteiger partial charge in [-0.3, -0.25) is 4.79 Å². The van der Waals surface area contributed by atoms with Gasteiger partial charge in [0.15, 0.2) is 11.5 Å². The SMILES string of the molecule is COc1ccc(NC(=O)c2cn(-c3ccccc3)nc2-c2ccccc2)cc1OC. The van der Waals surface area contributed by atoms with Gasteiger partial charge < -0.3 is 14.8 Å². The van der Waals surface area contributed by atoms with Crippen molar-refractivity contribution in [3.63, 3.8) is 0 Å². The number of rotatable bonds is 6. The van der Waals surface area contributed by atoms with Gasteiger partial charge in [-0.25, -0.2) is 4.68 Å². The molecule has 1 aromatic heterocycles. The van der Waals surface area contributed by atoms with Crippen LogP contribution in [0.1, 0.15) is 10.4 Å². The Balaban J connectivity index is 1.72. The monoisotopic (exact) mass is 399 g/mol. The van der Waals surface area contributed by atoms with Crippen molar-refractivity contribution < 1.29 is 14.3 Å². The zero-order chi connectivity index (χ0) is 20.9. The van der Waals surface area contributed by atoms with Crippen molar-refractivity contribution in [3.8, 4) is 28.4 Å². The third-order valence-corrected chi connectivity index (χ3v) is 4.67. The van der Waals surface area contributed by atoms with Crippen LogP contribution in [0.3, 0.4) is 0 Å². The van der Waals surface area contributed by atoms with Gasteiger partial charge in [-0.2, -0.15) is 5.10 Å². The van der Waals surface area contributed by atoms with Crippen LogP contribution in [0, 0.1) is 0 Å². The van der Waals surface area contributed by atoms with Crippen LogP contribution >= 0.6 is 0 Å². The van der Waals surface area contributed by atoms with Crippen LogP contribution in [0.15, 0.2) is 85.1 Å². The molecule has 4 aromatic rings. The summed E-state index contributed by atoms with van der Waals surface area (Å²) in [5, 5.41) is 7.62. The Bertz CT molecular complexity index is 1160. The number of para-hydroxylation sites is 1. The van der Waals surface area contributed by atoms with E-state index in [9.17, 15) is 4.79 Å². The number of carbonyl (C=O) groups is 1. The molecule has 0 aliphatic heterocycles. The van der Waals surface area contributed by atoms with Crippen molar-refractivity contribution in [3.05, 3.63) is 90.6 Å². The molecule has 1 N–H and O–H groups in total. The van der Waals surface area contributed by atoms with E-state index in [2.05, 4.69) is 10.4 Å². The maximum atomic E-state index is 13.2. The second-order valence-corrected chi connectivity index (χ2v) is 6.56. The van der Waals surface area contributed by atoms with E-state index >= 15 is 0 Å². The summed E-state index contributed by atoms with van der Waals surface area (Å²) in [6.45, 7) is 0. The van der Waals surface area contributed by atoms with Crippen molar-refractivity contribution in [2.24, 2.45) is 0 Å². The summed E-state index contributed by atoms with van der Waals surface area (Å²) >= 11 is 0. The lowest BCUT2D eigenvalue weighted by Crippen LogP contribution is -2.12. The Morgan fingerprint density at radius 2 is 1.53 bits per heavy atom. The lowest BCUT2D eigenvalue weighted by atomic mass is 10.1. The molecule has 1 amide bonds. The number of amides is 1. The standard InChI is InChI=1S/C24H21N3O3/c1-29-21-14-13-18(15-22(21)30-2)25-24(28)20-16-27(19-11-7-4-8-12-19)26-23(20)17-9-5-3-6-10-17/h3-16H,1-2H3,(H,25,28). The normalized spacial score (nSPS) is 10.5. The summed E-state index contributed by atoms with van der Waals surface area (Å²) in [6.07, 6.45) is 1.74. The molecule has 0 radical (unpaired) electrons. The summed E-state index contributed by atoms with van der Waals surface area (Å²) in [7, 11) is 3.13. The number of ether oxygens (including phenoxy) is 2. The van der Waals surface area contributed by atoms with Crippen LogP contribution < -0.4 is 14.8 Å². The smallest absolute Gasteiger partial charge is 0.259 e. The lowest BCUT2D eigenvalue weighted by Gasteiger charge is -2.10. The Kier molecular flexibility index (Phi) is 5.48. The van der Waals surface area contributed by atoms with Crippen LogP contribution in [0.25, 0.3) is 16.9 Å². The Morgan fingerprint density at radius 3 is 2.20 bits per heavy atom. The first kappa shape index (κ1) is 19.3. The number of anilines is 1. The van der Waals surface area contributed by atoms with Gasteiger partial charge in [0.1, 0.15) is 5.69 Å². The van der Waals surface area contributed by atoms with E-state index in [1.165, 1.54) is 0 Å². The van der Waals surface area contributed by atoms with Gasteiger partial charge in [0.25, 0.3) is 5.91 Å². The van der Waals surface area contributed by atoms with Crippen molar-refractivity contribution in [2.75, 3.05) is 19.5 Å². The molecule has 0 unspecified atom stereocenters. The number of hydrogen-bond donors (Lipinski definition) is 1. The zero-order valence-electron chi connectivity index (χ0n) is 16.7. The number of carbonyl (C=O) groups excluding carboxylic acids is 1. The first-order valence-electron chi connectivity index (χ1n) is 9.43. The van der Waals surface area contributed by atoms with Crippen LogP contribution in [0.4, 0.5) is 5.69 Å². The largest absolute Gasteiger partial charge is 0.493 e. The van der Waals surface area contributed by atoms with E-state index in [-0.39, 0.29) is 5.91 Å². The van der Waals surface area contributed by atoms with E-state index in [4.69, 9.17) is 9.47 Å². The molecular weight excluding hydrogens is 378 g/mol.